The lowest BCUT2D eigenvalue weighted by molar-refractivity contribution is 0.379. The van der Waals surface area contributed by atoms with Crippen molar-refractivity contribution in [2.45, 2.75) is 37.1 Å². The van der Waals surface area contributed by atoms with Crippen molar-refractivity contribution in [1.29, 1.82) is 0 Å². The molecule has 0 bridgehead atoms. The molecule has 5 nitrogen and oxygen atoms in total. The molecule has 1 saturated heterocycles. The van der Waals surface area contributed by atoms with Gasteiger partial charge in [-0.3, -0.25) is 0 Å². The Bertz CT molecular complexity index is 557. The van der Waals surface area contributed by atoms with Crippen LogP contribution in [-0.2, 0) is 10.0 Å². The van der Waals surface area contributed by atoms with Crippen LogP contribution in [-0.4, -0.2) is 32.4 Å². The molecule has 0 saturated carbocycles. The van der Waals surface area contributed by atoms with E-state index in [1.54, 1.807) is 16.4 Å². The van der Waals surface area contributed by atoms with Crippen molar-refractivity contribution in [3.8, 4) is 5.75 Å². The lowest BCUT2D eigenvalue weighted by Crippen LogP contribution is -2.35. The summed E-state index contributed by atoms with van der Waals surface area (Å²) in [6.07, 6.45) is 2.66. The van der Waals surface area contributed by atoms with Gasteiger partial charge in [0.25, 0.3) is 0 Å². The minimum atomic E-state index is -3.50. The average molecular weight is 284 g/mol. The summed E-state index contributed by atoms with van der Waals surface area (Å²) in [6.45, 7) is 2.59. The first-order chi connectivity index (χ1) is 9.00. The van der Waals surface area contributed by atoms with Gasteiger partial charge in [0.05, 0.1) is 12.8 Å². The minimum Gasteiger partial charge on any atom is -0.497 e. The number of nitrogens with zero attached hydrogens (tertiary/aromatic N) is 1. The van der Waals surface area contributed by atoms with Gasteiger partial charge >= 0.3 is 0 Å². The number of hydrogen-bond acceptors (Lipinski definition) is 4. The normalized spacial score (nSPS) is 20.6. The molecule has 1 aromatic rings. The molecule has 0 aliphatic carbocycles. The molecule has 0 spiro atoms. The van der Waals surface area contributed by atoms with E-state index >= 15 is 0 Å². The number of anilines is 1. The van der Waals surface area contributed by atoms with Crippen LogP contribution in [0.4, 0.5) is 5.69 Å². The molecule has 106 valence electrons. The van der Waals surface area contributed by atoms with Gasteiger partial charge in [0.2, 0.25) is 10.0 Å². The molecule has 1 heterocycles. The molecule has 0 amide bonds. The van der Waals surface area contributed by atoms with E-state index < -0.39 is 10.0 Å². The molecular weight excluding hydrogens is 264 g/mol. The van der Waals surface area contributed by atoms with E-state index in [1.165, 1.54) is 13.2 Å². The maximum Gasteiger partial charge on any atom is 0.245 e. The van der Waals surface area contributed by atoms with Gasteiger partial charge in [-0.15, -0.1) is 0 Å². The van der Waals surface area contributed by atoms with Crippen LogP contribution in [0.1, 0.15) is 26.2 Å². The number of benzene rings is 1. The molecular formula is C13H20N2O3S. The lowest BCUT2D eigenvalue weighted by Gasteiger charge is -2.23. The third kappa shape index (κ3) is 2.55. The van der Waals surface area contributed by atoms with E-state index in [9.17, 15) is 8.42 Å². The summed E-state index contributed by atoms with van der Waals surface area (Å²) < 4.78 is 31.9. The number of nitrogen functional groups attached to an aromatic ring is 1. The molecule has 0 radical (unpaired) electrons. The first-order valence-electron chi connectivity index (χ1n) is 6.46. The highest BCUT2D eigenvalue weighted by molar-refractivity contribution is 7.89. The quantitative estimate of drug-likeness (QED) is 0.856. The standard InChI is InChI=1S/C13H20N2O3S/c1-3-10-5-4-8-15(10)19(16,17)13-7-6-11(18-2)9-12(13)14/h6-7,9-10H,3-5,8,14H2,1-2H3. The van der Waals surface area contributed by atoms with Crippen LogP contribution in [0, 0.1) is 0 Å². The second-order valence-electron chi connectivity index (χ2n) is 4.72. The lowest BCUT2D eigenvalue weighted by atomic mass is 10.2. The van der Waals surface area contributed by atoms with Crippen molar-refractivity contribution >= 4 is 15.7 Å². The van der Waals surface area contributed by atoms with Crippen LogP contribution >= 0.6 is 0 Å². The molecule has 0 aromatic heterocycles. The monoisotopic (exact) mass is 284 g/mol. The van der Waals surface area contributed by atoms with Crippen LogP contribution in [0.2, 0.25) is 0 Å². The van der Waals surface area contributed by atoms with Crippen LogP contribution in [0.15, 0.2) is 23.1 Å². The van der Waals surface area contributed by atoms with Crippen LogP contribution in [0.25, 0.3) is 0 Å². The Morgan fingerprint density at radius 1 is 1.47 bits per heavy atom. The fraction of sp³-hybridized carbons (Fsp3) is 0.538. The smallest absolute Gasteiger partial charge is 0.245 e. The molecule has 1 unspecified atom stereocenters. The summed E-state index contributed by atoms with van der Waals surface area (Å²) >= 11 is 0. The largest absolute Gasteiger partial charge is 0.497 e. The van der Waals surface area contributed by atoms with Gasteiger partial charge in [-0.05, 0) is 31.4 Å². The fourth-order valence-corrected chi connectivity index (χ4v) is 4.41. The zero-order valence-electron chi connectivity index (χ0n) is 11.3. The Hall–Kier alpha value is -1.27. The van der Waals surface area contributed by atoms with Gasteiger partial charge < -0.3 is 10.5 Å². The maximum atomic E-state index is 12.6. The number of sulfonamides is 1. The van der Waals surface area contributed by atoms with E-state index in [2.05, 4.69) is 0 Å². The Kier molecular flexibility index (Phi) is 4.01. The van der Waals surface area contributed by atoms with Crippen molar-refractivity contribution < 1.29 is 13.2 Å². The summed E-state index contributed by atoms with van der Waals surface area (Å²) in [5.41, 5.74) is 6.09. The first kappa shape index (κ1) is 14.1. The van der Waals surface area contributed by atoms with E-state index in [0.29, 0.717) is 12.3 Å². The SMILES string of the molecule is CCC1CCCN1S(=O)(=O)c1ccc(OC)cc1N. The van der Waals surface area contributed by atoms with Crippen molar-refractivity contribution in [2.75, 3.05) is 19.4 Å². The number of hydrogen-bond donors (Lipinski definition) is 1. The number of methoxy groups -OCH3 is 1. The summed E-state index contributed by atoms with van der Waals surface area (Å²) in [7, 11) is -1.98. The fourth-order valence-electron chi connectivity index (χ4n) is 2.55. The predicted molar refractivity (Wildman–Crippen MR) is 74.6 cm³/mol. The zero-order valence-corrected chi connectivity index (χ0v) is 12.1. The number of nitrogens with two attached hydrogens (primary N) is 1. The molecule has 1 atom stereocenters. The van der Waals surface area contributed by atoms with Gasteiger partial charge in [-0.2, -0.15) is 4.31 Å². The Morgan fingerprint density at radius 3 is 2.79 bits per heavy atom. The van der Waals surface area contributed by atoms with Gasteiger partial charge in [-0.1, -0.05) is 6.92 Å². The first-order valence-corrected chi connectivity index (χ1v) is 7.90. The zero-order chi connectivity index (χ0) is 14.0. The summed E-state index contributed by atoms with van der Waals surface area (Å²) in [5.74, 6) is 0.560. The second kappa shape index (κ2) is 5.38. The maximum absolute atomic E-state index is 12.6. The van der Waals surface area contributed by atoms with Crippen molar-refractivity contribution in [2.24, 2.45) is 0 Å². The number of rotatable bonds is 4. The molecule has 1 aliphatic heterocycles. The van der Waals surface area contributed by atoms with Gasteiger partial charge in [0.1, 0.15) is 10.6 Å². The Morgan fingerprint density at radius 2 is 2.21 bits per heavy atom. The molecule has 6 heteroatoms. The van der Waals surface area contributed by atoms with Crippen molar-refractivity contribution in [3.63, 3.8) is 0 Å². The topological polar surface area (TPSA) is 72.6 Å². The van der Waals surface area contributed by atoms with Crippen LogP contribution in [0.3, 0.4) is 0 Å². The third-order valence-corrected chi connectivity index (χ3v) is 5.62. The summed E-state index contributed by atoms with van der Waals surface area (Å²) in [4.78, 5) is 0.175. The molecule has 1 fully saturated rings. The van der Waals surface area contributed by atoms with Crippen LogP contribution in [0.5, 0.6) is 5.75 Å². The van der Waals surface area contributed by atoms with E-state index in [4.69, 9.17) is 10.5 Å². The second-order valence-corrected chi connectivity index (χ2v) is 6.58. The van der Waals surface area contributed by atoms with E-state index in [0.717, 1.165) is 19.3 Å². The van der Waals surface area contributed by atoms with Crippen LogP contribution < -0.4 is 10.5 Å². The molecule has 2 rings (SSSR count). The van der Waals surface area contributed by atoms with E-state index in [-0.39, 0.29) is 16.6 Å². The molecule has 1 aliphatic rings. The van der Waals surface area contributed by atoms with Crippen molar-refractivity contribution in [1.82, 2.24) is 4.31 Å². The molecule has 2 N–H and O–H groups in total. The van der Waals surface area contributed by atoms with Gasteiger partial charge in [0.15, 0.2) is 0 Å². The van der Waals surface area contributed by atoms with Crippen molar-refractivity contribution in [3.05, 3.63) is 18.2 Å². The molecule has 19 heavy (non-hydrogen) atoms. The van der Waals surface area contributed by atoms with Gasteiger partial charge in [0, 0.05) is 18.7 Å². The predicted octanol–water partition coefficient (Wildman–Crippen LogP) is 1.84. The third-order valence-electron chi connectivity index (χ3n) is 3.60. The Labute approximate surface area is 114 Å². The highest BCUT2D eigenvalue weighted by Gasteiger charge is 2.35. The number of ether oxygens (including phenoxy) is 1. The highest BCUT2D eigenvalue weighted by Crippen LogP contribution is 2.31. The highest BCUT2D eigenvalue weighted by atomic mass is 32.2. The summed E-state index contributed by atoms with van der Waals surface area (Å²) in [6, 6.07) is 4.78. The minimum absolute atomic E-state index is 0.0894. The average Bonchev–Trinajstić information content (AvgIpc) is 2.87. The Balaban J connectivity index is 2.39. The molecule has 1 aromatic carbocycles. The van der Waals surface area contributed by atoms with E-state index in [1.807, 2.05) is 6.92 Å². The van der Waals surface area contributed by atoms with Gasteiger partial charge in [-0.25, -0.2) is 8.42 Å². The summed E-state index contributed by atoms with van der Waals surface area (Å²) in [5, 5.41) is 0.